The number of thiophene rings is 2. The number of halogens is 1. The van der Waals surface area contributed by atoms with Crippen molar-refractivity contribution in [2.75, 3.05) is 0 Å². The molecule has 0 aliphatic carbocycles. The monoisotopic (exact) mass is 507 g/mol. The molecule has 6 rings (SSSR count). The Balaban J connectivity index is 0.000000142. The first kappa shape index (κ1) is 22.8. The number of fused-ring (bicyclic) bond motifs is 4. The van der Waals surface area contributed by atoms with Crippen LogP contribution in [0.15, 0.2) is 53.5 Å². The van der Waals surface area contributed by atoms with Gasteiger partial charge in [0.2, 0.25) is 0 Å². The molecule has 2 aromatic heterocycles. The molecule has 0 saturated carbocycles. The molecule has 0 spiro atoms. The molecule has 0 radical (unpaired) electrons. The van der Waals surface area contributed by atoms with Crippen molar-refractivity contribution >= 4 is 50.9 Å². The van der Waals surface area contributed by atoms with Crippen molar-refractivity contribution in [2.24, 2.45) is 4.99 Å². The van der Waals surface area contributed by atoms with Crippen molar-refractivity contribution in [1.82, 2.24) is 0 Å². The van der Waals surface area contributed by atoms with Crippen LogP contribution in [0.4, 0.5) is 5.69 Å². The zero-order chi connectivity index (χ0) is 24.0. The maximum absolute atomic E-state index is 12.1. The Morgan fingerprint density at radius 3 is 2.12 bits per heavy atom. The molecule has 0 atom stereocenters. The van der Waals surface area contributed by atoms with E-state index in [1.54, 1.807) is 11.3 Å². The molecule has 0 saturated heterocycles. The maximum atomic E-state index is 12.1. The number of carbonyl (C=O) groups excluding carboxylic acids is 1. The summed E-state index contributed by atoms with van der Waals surface area (Å²) in [5.74, 6) is 1.73. The second-order valence-corrected chi connectivity index (χ2v) is 11.2. The molecule has 172 valence electrons. The number of aliphatic imine (C=N–C) groups is 1. The van der Waals surface area contributed by atoms with Crippen LogP contribution in [0.3, 0.4) is 0 Å². The van der Waals surface area contributed by atoms with Crippen LogP contribution in [0.5, 0.6) is 21.6 Å². The van der Waals surface area contributed by atoms with Gasteiger partial charge in [-0.1, -0.05) is 29.8 Å². The van der Waals surface area contributed by atoms with Crippen molar-refractivity contribution in [3.05, 3.63) is 86.1 Å². The number of Topliss-reactive ketones (excluding diaryl/α,β-unsaturated/α-hetero) is 1. The lowest BCUT2D eigenvalue weighted by Crippen LogP contribution is -2.00. The normalized spacial score (nSPS) is 13.4. The molecule has 34 heavy (non-hydrogen) atoms. The first-order chi connectivity index (χ1) is 16.3. The van der Waals surface area contributed by atoms with E-state index in [9.17, 15) is 4.79 Å². The summed E-state index contributed by atoms with van der Waals surface area (Å²) in [6.07, 6.45) is 0.429. The Labute approximate surface area is 211 Å². The van der Waals surface area contributed by atoms with Gasteiger partial charge in [-0.3, -0.25) is 4.79 Å². The second kappa shape index (κ2) is 9.02. The Kier molecular flexibility index (Phi) is 6.06. The van der Waals surface area contributed by atoms with Crippen molar-refractivity contribution in [3.8, 4) is 21.6 Å². The Bertz CT molecular complexity index is 1460. The molecule has 0 fully saturated rings. The first-order valence-corrected chi connectivity index (χ1v) is 12.8. The fourth-order valence-electron chi connectivity index (χ4n) is 3.81. The fraction of sp³-hybridized carbons (Fsp3) is 0.185. The maximum Gasteiger partial charge on any atom is 0.192 e. The van der Waals surface area contributed by atoms with Gasteiger partial charge in [-0.05, 0) is 69.2 Å². The highest BCUT2D eigenvalue weighted by molar-refractivity contribution is 7.14. The van der Waals surface area contributed by atoms with Crippen LogP contribution >= 0.6 is 34.3 Å². The summed E-state index contributed by atoms with van der Waals surface area (Å²) < 4.78 is 11.8. The highest BCUT2D eigenvalue weighted by Gasteiger charge is 2.23. The van der Waals surface area contributed by atoms with Crippen LogP contribution in [0.2, 0.25) is 0 Å². The van der Waals surface area contributed by atoms with E-state index < -0.39 is 0 Å². The average molecular weight is 508 g/mol. The third-order valence-electron chi connectivity index (χ3n) is 5.48. The molecule has 0 bridgehead atoms. The predicted octanol–water partition coefficient (Wildman–Crippen LogP) is 8.68. The van der Waals surface area contributed by atoms with Gasteiger partial charge in [0.1, 0.15) is 16.6 Å². The van der Waals surface area contributed by atoms with E-state index in [4.69, 9.17) is 21.1 Å². The van der Waals surface area contributed by atoms with Crippen LogP contribution in [-0.2, 0) is 6.42 Å². The summed E-state index contributed by atoms with van der Waals surface area (Å²) in [6, 6.07) is 15.8. The van der Waals surface area contributed by atoms with Gasteiger partial charge in [0, 0.05) is 21.7 Å². The van der Waals surface area contributed by atoms with E-state index in [0.717, 1.165) is 60.0 Å². The quantitative estimate of drug-likeness (QED) is 0.239. The van der Waals surface area contributed by atoms with Crippen molar-refractivity contribution in [3.63, 3.8) is 0 Å². The van der Waals surface area contributed by atoms with E-state index in [-0.39, 0.29) is 5.78 Å². The molecule has 4 nitrogen and oxygen atoms in total. The largest absolute Gasteiger partial charge is 0.446 e. The molecular weight excluding hydrogens is 486 g/mol. The summed E-state index contributed by atoms with van der Waals surface area (Å²) in [6.45, 7) is 8.08. The third-order valence-corrected chi connectivity index (χ3v) is 7.62. The molecule has 7 heteroatoms. The third kappa shape index (κ3) is 4.53. The Hall–Kier alpha value is -2.93. The van der Waals surface area contributed by atoms with E-state index >= 15 is 0 Å². The highest BCUT2D eigenvalue weighted by Crippen LogP contribution is 2.43. The van der Waals surface area contributed by atoms with Crippen LogP contribution in [0.25, 0.3) is 0 Å². The number of rotatable bonds is 0. The molecule has 0 unspecified atom stereocenters. The van der Waals surface area contributed by atoms with Gasteiger partial charge in [0.25, 0.3) is 0 Å². The number of carbonyl (C=O) groups is 1. The minimum atomic E-state index is 0.145. The van der Waals surface area contributed by atoms with Gasteiger partial charge in [-0.15, -0.1) is 22.7 Å². The Morgan fingerprint density at radius 2 is 1.38 bits per heavy atom. The van der Waals surface area contributed by atoms with E-state index in [2.05, 4.69) is 4.99 Å². The van der Waals surface area contributed by atoms with Crippen molar-refractivity contribution in [1.29, 1.82) is 0 Å². The number of nitrogens with zero attached hydrogens (tertiary/aromatic N) is 1. The highest BCUT2D eigenvalue weighted by atomic mass is 35.5. The van der Waals surface area contributed by atoms with Gasteiger partial charge in [0.05, 0.1) is 11.1 Å². The summed E-state index contributed by atoms with van der Waals surface area (Å²) in [4.78, 5) is 18.8. The first-order valence-electron chi connectivity index (χ1n) is 10.8. The van der Waals surface area contributed by atoms with Gasteiger partial charge in [-0.2, -0.15) is 0 Å². The van der Waals surface area contributed by atoms with Crippen molar-refractivity contribution < 1.29 is 14.3 Å². The standard InChI is InChI=1S/C14H12O2S.C13H10ClNOS/c1-8-3-4-10-7-12(15)11-6-9(2)17-14(11)16-13(10)5-8;1-7-3-4-10-11(5-7)16-13-9(12(14)15-10)6-8(2)17-13/h3-6H,7H2,1-2H3;3-6H,1-2H3. The molecule has 2 aromatic carbocycles. The van der Waals surface area contributed by atoms with Crippen molar-refractivity contribution in [2.45, 2.75) is 34.1 Å². The SMILES string of the molecule is Cc1ccc2c(c1)Oc1sc(C)cc1C(=O)C2.Cc1ccc2c(c1)Oc1sc(C)cc1C(Cl)=N2. The number of hydrogen-bond donors (Lipinski definition) is 0. The van der Waals surface area contributed by atoms with E-state index in [0.29, 0.717) is 11.6 Å². The minimum Gasteiger partial charge on any atom is -0.446 e. The zero-order valence-corrected chi connectivity index (χ0v) is 21.6. The summed E-state index contributed by atoms with van der Waals surface area (Å²) in [5, 5.41) is 2.05. The average Bonchev–Trinajstić information content (AvgIpc) is 3.27. The van der Waals surface area contributed by atoms with Gasteiger partial charge < -0.3 is 9.47 Å². The van der Waals surface area contributed by atoms with Crippen LogP contribution in [-0.4, -0.2) is 11.0 Å². The lowest BCUT2D eigenvalue weighted by Gasteiger charge is -2.06. The second-order valence-electron chi connectivity index (χ2n) is 8.41. The fourth-order valence-corrected chi connectivity index (χ4v) is 5.84. The Morgan fingerprint density at radius 1 is 0.794 bits per heavy atom. The van der Waals surface area contributed by atoms with Gasteiger partial charge in [-0.25, -0.2) is 4.99 Å². The molecule has 0 amide bonds. The molecule has 4 aromatic rings. The number of benzene rings is 2. The van der Waals surface area contributed by atoms with Crippen LogP contribution in [0.1, 0.15) is 42.4 Å². The topological polar surface area (TPSA) is 47.9 Å². The van der Waals surface area contributed by atoms with Crippen LogP contribution in [0, 0.1) is 27.7 Å². The van der Waals surface area contributed by atoms with Gasteiger partial charge in [0.15, 0.2) is 21.7 Å². The number of hydrogen-bond acceptors (Lipinski definition) is 6. The molecular formula is C27H22ClNO3S2. The lowest BCUT2D eigenvalue weighted by atomic mass is 10.0. The van der Waals surface area contributed by atoms with E-state index in [1.165, 1.54) is 16.2 Å². The number of aryl methyl sites for hydroxylation is 4. The molecule has 0 N–H and O–H groups in total. The molecule has 2 aliphatic heterocycles. The number of ether oxygens (including phenoxy) is 2. The van der Waals surface area contributed by atoms with Crippen LogP contribution < -0.4 is 9.47 Å². The smallest absolute Gasteiger partial charge is 0.192 e. The van der Waals surface area contributed by atoms with E-state index in [1.807, 2.05) is 76.2 Å². The number of ketones is 1. The predicted molar refractivity (Wildman–Crippen MR) is 141 cm³/mol. The minimum absolute atomic E-state index is 0.145. The molecule has 4 heterocycles. The van der Waals surface area contributed by atoms with Gasteiger partial charge >= 0.3 is 0 Å². The zero-order valence-electron chi connectivity index (χ0n) is 19.2. The summed E-state index contributed by atoms with van der Waals surface area (Å²) in [5.41, 5.74) is 5.65. The summed E-state index contributed by atoms with van der Waals surface area (Å²) >= 11 is 9.33. The summed E-state index contributed by atoms with van der Waals surface area (Å²) in [7, 11) is 0. The lowest BCUT2D eigenvalue weighted by molar-refractivity contribution is 0.0994. The molecule has 2 aliphatic rings.